The van der Waals surface area contributed by atoms with E-state index >= 15 is 0 Å². The van der Waals surface area contributed by atoms with Crippen molar-refractivity contribution in [2.45, 2.75) is 62.7 Å². The van der Waals surface area contributed by atoms with Gasteiger partial charge in [0.25, 0.3) is 10.0 Å². The molecular weight excluding hydrogens is 510 g/mol. The molecule has 0 aliphatic heterocycles. The number of sulfonamides is 1. The first-order valence-electron chi connectivity index (χ1n) is 13.4. The summed E-state index contributed by atoms with van der Waals surface area (Å²) < 4.78 is 35.7. The van der Waals surface area contributed by atoms with Gasteiger partial charge in [0.15, 0.2) is 11.4 Å². The van der Waals surface area contributed by atoms with Gasteiger partial charge in [-0.15, -0.1) is 0 Å². The number of anilines is 1. The lowest BCUT2D eigenvalue weighted by Gasteiger charge is -2.31. The predicted octanol–water partition coefficient (Wildman–Crippen LogP) is 7.11. The molecule has 1 aromatic heterocycles. The van der Waals surface area contributed by atoms with Gasteiger partial charge in [0, 0.05) is 11.6 Å². The van der Waals surface area contributed by atoms with Crippen molar-refractivity contribution >= 4 is 15.7 Å². The number of benzene rings is 3. The van der Waals surface area contributed by atoms with Crippen molar-refractivity contribution in [1.82, 2.24) is 0 Å². The molecule has 0 spiro atoms. The number of aromatic hydroxyl groups is 1. The monoisotopic (exact) mass is 543 g/mol. The Bertz CT molecular complexity index is 1650. The summed E-state index contributed by atoms with van der Waals surface area (Å²) in [5, 5.41) is 11.0. The van der Waals surface area contributed by atoms with Crippen LogP contribution in [-0.4, -0.2) is 13.5 Å². The zero-order valence-corrected chi connectivity index (χ0v) is 23.2. The summed E-state index contributed by atoms with van der Waals surface area (Å²) in [5.74, 6) is 0.116. The second kappa shape index (κ2) is 10.4. The van der Waals surface area contributed by atoms with Gasteiger partial charge >= 0.3 is 5.63 Å². The van der Waals surface area contributed by atoms with Crippen molar-refractivity contribution in [3.63, 3.8) is 0 Å². The average molecular weight is 544 g/mol. The largest absolute Gasteiger partial charge is 0.505 e. The van der Waals surface area contributed by atoms with E-state index in [1.807, 2.05) is 81.4 Å². The van der Waals surface area contributed by atoms with E-state index in [0.29, 0.717) is 30.1 Å². The molecule has 4 aromatic rings. The molecule has 1 aliphatic carbocycles. The summed E-state index contributed by atoms with van der Waals surface area (Å²) in [6, 6.07) is 23.8. The molecule has 0 bridgehead atoms. The van der Waals surface area contributed by atoms with Crippen LogP contribution in [0.3, 0.4) is 0 Å². The SMILES string of the molecule is CCC(CC)(c1ccccc1)c1cc(O)c(NS(=O)(=O)c2ccc(C)c(C3CC3)c2-c2ccccc2)c(=O)o1. The van der Waals surface area contributed by atoms with E-state index in [1.54, 1.807) is 12.1 Å². The van der Waals surface area contributed by atoms with Gasteiger partial charge in [0.2, 0.25) is 0 Å². The van der Waals surface area contributed by atoms with Gasteiger partial charge in [0.05, 0.1) is 10.3 Å². The number of hydrogen-bond donors (Lipinski definition) is 2. The maximum atomic E-state index is 13.8. The normalized spacial score (nSPS) is 13.8. The number of rotatable bonds is 9. The maximum Gasteiger partial charge on any atom is 0.364 e. The molecule has 3 aromatic carbocycles. The molecule has 5 rings (SSSR count). The average Bonchev–Trinajstić information content (AvgIpc) is 3.78. The Labute approximate surface area is 229 Å². The minimum absolute atomic E-state index is 0.0600. The van der Waals surface area contributed by atoms with Crippen molar-refractivity contribution in [2.75, 3.05) is 4.72 Å². The molecule has 7 heteroatoms. The third-order valence-corrected chi connectivity index (χ3v) is 9.33. The minimum Gasteiger partial charge on any atom is -0.505 e. The molecular formula is C32H33NO5S. The lowest BCUT2D eigenvalue weighted by Crippen LogP contribution is -2.28. The van der Waals surface area contributed by atoms with E-state index in [9.17, 15) is 18.3 Å². The second-order valence-corrected chi connectivity index (χ2v) is 11.9. The molecule has 0 amide bonds. The molecule has 202 valence electrons. The van der Waals surface area contributed by atoms with E-state index < -0.39 is 32.5 Å². The Morgan fingerprint density at radius 2 is 1.56 bits per heavy atom. The Morgan fingerprint density at radius 1 is 0.949 bits per heavy atom. The van der Waals surface area contributed by atoms with Gasteiger partial charge < -0.3 is 9.52 Å². The third-order valence-electron chi connectivity index (χ3n) is 7.94. The molecule has 0 radical (unpaired) electrons. The van der Waals surface area contributed by atoms with Crippen LogP contribution in [0.25, 0.3) is 11.1 Å². The van der Waals surface area contributed by atoms with Crippen molar-refractivity contribution in [3.8, 4) is 16.9 Å². The fourth-order valence-corrected chi connectivity index (χ4v) is 6.95. The van der Waals surface area contributed by atoms with Crippen molar-refractivity contribution in [1.29, 1.82) is 0 Å². The van der Waals surface area contributed by atoms with E-state index in [-0.39, 0.29) is 4.90 Å². The third kappa shape index (κ3) is 4.87. The van der Waals surface area contributed by atoms with E-state index in [4.69, 9.17) is 4.42 Å². The lowest BCUT2D eigenvalue weighted by molar-refractivity contribution is 0.335. The first-order chi connectivity index (χ1) is 18.7. The Kier molecular flexibility index (Phi) is 7.12. The van der Waals surface area contributed by atoms with Gasteiger partial charge in [-0.1, -0.05) is 80.6 Å². The van der Waals surface area contributed by atoms with Crippen LogP contribution in [0.15, 0.2) is 93.0 Å². The highest BCUT2D eigenvalue weighted by molar-refractivity contribution is 7.92. The summed E-state index contributed by atoms with van der Waals surface area (Å²) >= 11 is 0. The fraction of sp³-hybridized carbons (Fsp3) is 0.281. The van der Waals surface area contributed by atoms with E-state index in [0.717, 1.165) is 35.1 Å². The van der Waals surface area contributed by atoms with Crippen LogP contribution in [-0.2, 0) is 15.4 Å². The number of aryl methyl sites for hydroxylation is 1. The van der Waals surface area contributed by atoms with Crippen LogP contribution in [0.2, 0.25) is 0 Å². The van der Waals surface area contributed by atoms with Crippen LogP contribution < -0.4 is 10.3 Å². The highest BCUT2D eigenvalue weighted by atomic mass is 32.2. The van der Waals surface area contributed by atoms with Crippen molar-refractivity contribution in [3.05, 3.63) is 112 Å². The summed E-state index contributed by atoms with van der Waals surface area (Å²) in [5.41, 5.74) is 2.32. The highest BCUT2D eigenvalue weighted by Gasteiger charge is 2.36. The summed E-state index contributed by atoms with van der Waals surface area (Å²) in [7, 11) is -4.26. The lowest BCUT2D eigenvalue weighted by atomic mass is 9.73. The first-order valence-corrected chi connectivity index (χ1v) is 14.8. The van der Waals surface area contributed by atoms with E-state index in [1.165, 1.54) is 6.07 Å². The van der Waals surface area contributed by atoms with Gasteiger partial charge in [-0.2, -0.15) is 0 Å². The Balaban J connectivity index is 1.60. The molecule has 6 nitrogen and oxygen atoms in total. The molecule has 1 aliphatic rings. The molecule has 1 saturated carbocycles. The minimum atomic E-state index is -4.26. The van der Waals surface area contributed by atoms with E-state index in [2.05, 4.69) is 4.72 Å². The van der Waals surface area contributed by atoms with Crippen LogP contribution in [0, 0.1) is 6.92 Å². The Morgan fingerprint density at radius 3 is 2.13 bits per heavy atom. The summed E-state index contributed by atoms with van der Waals surface area (Å²) in [4.78, 5) is 13.3. The van der Waals surface area contributed by atoms with Gasteiger partial charge in [-0.05, 0) is 66.8 Å². The molecule has 2 N–H and O–H groups in total. The molecule has 1 fully saturated rings. The topological polar surface area (TPSA) is 96.6 Å². The first kappa shape index (κ1) is 26.8. The van der Waals surface area contributed by atoms with Crippen molar-refractivity contribution < 1.29 is 17.9 Å². The molecule has 0 unspecified atom stereocenters. The van der Waals surface area contributed by atoms with Gasteiger partial charge in [-0.25, -0.2) is 13.2 Å². The summed E-state index contributed by atoms with van der Waals surface area (Å²) in [6.45, 7) is 5.97. The fourth-order valence-electron chi connectivity index (χ4n) is 5.63. The van der Waals surface area contributed by atoms with Crippen LogP contribution >= 0.6 is 0 Å². The van der Waals surface area contributed by atoms with Gasteiger partial charge in [0.1, 0.15) is 5.76 Å². The van der Waals surface area contributed by atoms with Crippen LogP contribution in [0.1, 0.15) is 67.9 Å². The molecule has 0 saturated heterocycles. The molecule has 39 heavy (non-hydrogen) atoms. The standard InChI is InChI=1S/C32H33NO5S/c1-4-32(5-2,24-14-10-7-11-15-24)27-20-25(34)30(31(35)38-27)33-39(36,37)26-19-16-21(3)28(23-17-18-23)29(26)22-12-8-6-9-13-22/h6-16,19-20,23,33-34H,4-5,17-18H2,1-3H3. The second-order valence-electron chi connectivity index (χ2n) is 10.2. The maximum absolute atomic E-state index is 13.8. The molecule has 1 heterocycles. The zero-order chi connectivity index (χ0) is 27.8. The number of hydrogen-bond acceptors (Lipinski definition) is 5. The van der Waals surface area contributed by atoms with Gasteiger partial charge in [-0.3, -0.25) is 4.72 Å². The smallest absolute Gasteiger partial charge is 0.364 e. The predicted molar refractivity (Wildman–Crippen MR) is 154 cm³/mol. The number of nitrogens with one attached hydrogen (secondary N) is 1. The quantitative estimate of drug-likeness (QED) is 0.235. The summed E-state index contributed by atoms with van der Waals surface area (Å²) in [6.07, 6.45) is 3.24. The molecule has 0 atom stereocenters. The van der Waals surface area contributed by atoms with Crippen molar-refractivity contribution in [2.24, 2.45) is 0 Å². The van der Waals surface area contributed by atoms with Crippen LogP contribution in [0.4, 0.5) is 5.69 Å². The highest BCUT2D eigenvalue weighted by Crippen LogP contribution is 2.48. The zero-order valence-electron chi connectivity index (χ0n) is 22.4. The Hall–Kier alpha value is -3.84. The van der Waals surface area contributed by atoms with Crippen LogP contribution in [0.5, 0.6) is 5.75 Å².